The van der Waals surface area contributed by atoms with Crippen molar-refractivity contribution in [1.82, 2.24) is 4.90 Å². The number of rotatable bonds is 1. The second-order valence-electron chi connectivity index (χ2n) is 7.21. The summed E-state index contributed by atoms with van der Waals surface area (Å²) in [5, 5.41) is 0. The van der Waals surface area contributed by atoms with Gasteiger partial charge in [-0.15, -0.1) is 0 Å². The zero-order valence-corrected chi connectivity index (χ0v) is 15.2. The number of ketones is 2. The molecule has 0 unspecified atom stereocenters. The number of carbonyl (C=O) groups is 2. The Hall–Kier alpha value is -2.53. The monoisotopic (exact) mass is 352 g/mol. The molecule has 0 radical (unpaired) electrons. The maximum Gasteiger partial charge on any atom is 0.197 e. The van der Waals surface area contributed by atoms with Gasteiger partial charge in [0, 0.05) is 43.0 Å². The van der Waals surface area contributed by atoms with Crippen LogP contribution in [-0.4, -0.2) is 49.7 Å². The molecule has 0 saturated carbocycles. The van der Waals surface area contributed by atoms with Crippen molar-refractivity contribution in [1.29, 1.82) is 0 Å². The number of anilines is 1. The third-order valence-electron chi connectivity index (χ3n) is 5.51. The quantitative estimate of drug-likeness (QED) is 0.675. The smallest absolute Gasteiger partial charge is 0.197 e. The van der Waals surface area contributed by atoms with Crippen molar-refractivity contribution < 1.29 is 14.0 Å². The number of benzene rings is 2. The van der Waals surface area contributed by atoms with Crippen LogP contribution >= 0.6 is 0 Å². The van der Waals surface area contributed by atoms with Crippen LogP contribution in [-0.2, 0) is 0 Å². The summed E-state index contributed by atoms with van der Waals surface area (Å²) in [6.07, 6.45) is 0. The van der Waals surface area contributed by atoms with Crippen LogP contribution in [0.5, 0.6) is 0 Å². The molecule has 2 aromatic rings. The van der Waals surface area contributed by atoms with Crippen LogP contribution in [0.2, 0.25) is 0 Å². The van der Waals surface area contributed by atoms with E-state index < -0.39 is 5.82 Å². The van der Waals surface area contributed by atoms with Gasteiger partial charge < -0.3 is 9.80 Å². The van der Waals surface area contributed by atoms with E-state index in [9.17, 15) is 14.0 Å². The Kier molecular flexibility index (Phi) is 3.92. The van der Waals surface area contributed by atoms with Crippen molar-refractivity contribution >= 4 is 17.3 Å². The van der Waals surface area contributed by atoms with Crippen molar-refractivity contribution in [3.8, 4) is 0 Å². The molecule has 1 saturated heterocycles. The maximum atomic E-state index is 14.6. The zero-order valence-electron chi connectivity index (χ0n) is 15.2. The van der Waals surface area contributed by atoms with E-state index in [0.717, 1.165) is 31.7 Å². The number of nitrogens with zero attached hydrogens (tertiary/aromatic N) is 2. The van der Waals surface area contributed by atoms with Crippen LogP contribution in [0.1, 0.15) is 43.0 Å². The number of likely N-dealkylation sites (N-methyl/N-ethyl adjacent to an activating group) is 1. The summed E-state index contributed by atoms with van der Waals surface area (Å²) in [7, 11) is 2.05. The molecule has 1 aliphatic heterocycles. The summed E-state index contributed by atoms with van der Waals surface area (Å²) in [5.41, 5.74) is 3.04. The molecule has 2 aliphatic rings. The lowest BCUT2D eigenvalue weighted by Crippen LogP contribution is -2.45. The molecule has 134 valence electrons. The minimum Gasteiger partial charge on any atom is -0.368 e. The highest BCUT2D eigenvalue weighted by molar-refractivity contribution is 6.31. The molecule has 26 heavy (non-hydrogen) atoms. The lowest BCUT2D eigenvalue weighted by atomic mass is 9.79. The van der Waals surface area contributed by atoms with Gasteiger partial charge in [-0.3, -0.25) is 9.59 Å². The minimum atomic E-state index is -0.622. The largest absolute Gasteiger partial charge is 0.368 e. The lowest BCUT2D eigenvalue weighted by molar-refractivity contribution is 0.0975. The number of hydrogen-bond donors (Lipinski definition) is 0. The molecule has 1 aliphatic carbocycles. The van der Waals surface area contributed by atoms with E-state index in [1.807, 2.05) is 19.1 Å². The molecular formula is C21H21FN2O2. The molecule has 2 aromatic carbocycles. The third-order valence-corrected chi connectivity index (χ3v) is 5.51. The van der Waals surface area contributed by atoms with Gasteiger partial charge in [0.15, 0.2) is 11.6 Å². The predicted octanol–water partition coefficient (Wildman–Crippen LogP) is 2.97. The lowest BCUT2D eigenvalue weighted by Gasteiger charge is -2.36. The Morgan fingerprint density at radius 2 is 1.31 bits per heavy atom. The molecule has 0 bridgehead atoms. The van der Waals surface area contributed by atoms with Gasteiger partial charge in [0.25, 0.3) is 0 Å². The van der Waals surface area contributed by atoms with Crippen molar-refractivity contribution in [3.63, 3.8) is 0 Å². The van der Waals surface area contributed by atoms with E-state index in [4.69, 9.17) is 0 Å². The summed E-state index contributed by atoms with van der Waals surface area (Å²) in [4.78, 5) is 30.8. The molecule has 0 N–H and O–H groups in total. The fourth-order valence-corrected chi connectivity index (χ4v) is 3.98. The Labute approximate surface area is 152 Å². The topological polar surface area (TPSA) is 40.6 Å². The first-order chi connectivity index (χ1) is 12.4. The zero-order chi connectivity index (χ0) is 18.6. The molecular weight excluding hydrogens is 331 g/mol. The second kappa shape index (κ2) is 6.02. The number of piperazine rings is 1. The van der Waals surface area contributed by atoms with Gasteiger partial charge in [0.05, 0.1) is 11.1 Å². The van der Waals surface area contributed by atoms with Gasteiger partial charge >= 0.3 is 0 Å². The fraction of sp³-hybridized carbons (Fsp3) is 0.333. The van der Waals surface area contributed by atoms with Crippen LogP contribution in [0.4, 0.5) is 10.1 Å². The Bertz CT molecular complexity index is 944. The maximum absolute atomic E-state index is 14.6. The SMILES string of the molecule is Cc1ccc(C)c2c1C(=O)c1c(F)ccc(N3CCN(C)CC3)c1C2=O. The first kappa shape index (κ1) is 16.9. The second-order valence-corrected chi connectivity index (χ2v) is 7.21. The molecule has 5 heteroatoms. The van der Waals surface area contributed by atoms with E-state index in [1.165, 1.54) is 6.07 Å². The summed E-state index contributed by atoms with van der Waals surface area (Å²) in [6, 6.07) is 6.61. The van der Waals surface area contributed by atoms with E-state index in [2.05, 4.69) is 16.8 Å². The van der Waals surface area contributed by atoms with Crippen LogP contribution in [0.3, 0.4) is 0 Å². The third kappa shape index (κ3) is 2.38. The van der Waals surface area contributed by atoms with E-state index in [1.54, 1.807) is 13.0 Å². The molecule has 1 heterocycles. The Morgan fingerprint density at radius 3 is 1.88 bits per heavy atom. The van der Waals surface area contributed by atoms with Crippen molar-refractivity contribution in [2.45, 2.75) is 13.8 Å². The summed E-state index contributed by atoms with van der Waals surface area (Å²) < 4.78 is 14.6. The van der Waals surface area contributed by atoms with Crippen LogP contribution in [0.15, 0.2) is 24.3 Å². The summed E-state index contributed by atoms with van der Waals surface area (Å²) in [6.45, 7) is 6.83. The van der Waals surface area contributed by atoms with Crippen molar-refractivity contribution in [2.24, 2.45) is 0 Å². The minimum absolute atomic E-state index is 0.0763. The molecule has 0 atom stereocenters. The highest BCUT2D eigenvalue weighted by Gasteiger charge is 2.37. The normalized spacial score (nSPS) is 17.3. The average Bonchev–Trinajstić information content (AvgIpc) is 2.62. The number of fused-ring (bicyclic) bond motifs is 2. The van der Waals surface area contributed by atoms with Crippen LogP contribution < -0.4 is 4.90 Å². The first-order valence-corrected chi connectivity index (χ1v) is 8.85. The summed E-state index contributed by atoms with van der Waals surface area (Å²) >= 11 is 0. The van der Waals surface area contributed by atoms with Gasteiger partial charge in [0.2, 0.25) is 0 Å². The van der Waals surface area contributed by atoms with Gasteiger partial charge in [-0.05, 0) is 44.2 Å². The number of carbonyl (C=O) groups excluding carboxylic acids is 2. The number of hydrogen-bond acceptors (Lipinski definition) is 4. The van der Waals surface area contributed by atoms with Gasteiger partial charge in [-0.1, -0.05) is 12.1 Å². The molecule has 4 rings (SSSR count). The van der Waals surface area contributed by atoms with Crippen molar-refractivity contribution in [3.05, 3.63) is 63.5 Å². The van der Waals surface area contributed by atoms with Gasteiger partial charge in [0.1, 0.15) is 5.82 Å². The van der Waals surface area contributed by atoms with Crippen molar-refractivity contribution in [2.75, 3.05) is 38.1 Å². The standard InChI is InChI=1S/C21H21FN2O2/c1-12-4-5-13(2)17-16(12)20(25)18-14(22)6-7-15(19(18)21(17)26)24-10-8-23(3)9-11-24/h4-7H,8-11H2,1-3H3. The van der Waals surface area contributed by atoms with E-state index in [0.29, 0.717) is 22.4 Å². The first-order valence-electron chi connectivity index (χ1n) is 8.85. The molecule has 4 nitrogen and oxygen atoms in total. The summed E-state index contributed by atoms with van der Waals surface area (Å²) in [5.74, 6) is -1.25. The Balaban J connectivity index is 1.94. The average molecular weight is 352 g/mol. The number of halogens is 1. The molecule has 0 amide bonds. The molecule has 0 spiro atoms. The number of aryl methyl sites for hydroxylation is 2. The highest BCUT2D eigenvalue weighted by atomic mass is 19.1. The van der Waals surface area contributed by atoms with Gasteiger partial charge in [-0.25, -0.2) is 4.39 Å². The molecule has 1 fully saturated rings. The van der Waals surface area contributed by atoms with E-state index in [-0.39, 0.29) is 22.7 Å². The van der Waals surface area contributed by atoms with Gasteiger partial charge in [-0.2, -0.15) is 0 Å². The Morgan fingerprint density at radius 1 is 0.769 bits per heavy atom. The van der Waals surface area contributed by atoms with Crippen LogP contribution in [0.25, 0.3) is 0 Å². The fourth-order valence-electron chi connectivity index (χ4n) is 3.98. The highest BCUT2D eigenvalue weighted by Crippen LogP contribution is 2.37. The molecule has 0 aromatic heterocycles. The van der Waals surface area contributed by atoms with E-state index >= 15 is 0 Å². The predicted molar refractivity (Wildman–Crippen MR) is 98.9 cm³/mol. The van der Waals surface area contributed by atoms with Crippen LogP contribution in [0, 0.1) is 19.7 Å².